The Morgan fingerprint density at radius 2 is 1.67 bits per heavy atom. The number of aromatic nitrogens is 2. The summed E-state index contributed by atoms with van der Waals surface area (Å²) >= 11 is 0. The van der Waals surface area contributed by atoms with E-state index in [1.807, 2.05) is 71.3 Å². The zero-order valence-electron chi connectivity index (χ0n) is 20.6. The monoisotopic (exact) mass is 485 g/mol. The molecule has 0 saturated heterocycles. The molecule has 8 heteroatoms. The second-order valence-corrected chi connectivity index (χ2v) is 8.17. The lowest BCUT2D eigenvalue weighted by Gasteiger charge is -2.32. The minimum absolute atomic E-state index is 0.234. The Morgan fingerprint density at radius 3 is 2.36 bits per heavy atom. The Hall–Kier alpha value is -4.46. The number of rotatable bonds is 7. The highest BCUT2D eigenvalue weighted by Gasteiger charge is 2.38. The van der Waals surface area contributed by atoms with Gasteiger partial charge in [0.25, 0.3) is 0 Å². The molecule has 8 nitrogen and oxygen atoms in total. The average molecular weight is 486 g/mol. The predicted molar refractivity (Wildman–Crippen MR) is 138 cm³/mol. The van der Waals surface area contributed by atoms with Crippen LogP contribution in [0.5, 0.6) is 17.2 Å². The standard InChI is InChI=1S/C28H27N3O5/c1-5-36-27(32)24-25(17-10-12-18(33-2)13-11-17)30-28-29-21-8-6-7-9-22(21)31(28)26(24)20-16-19(34-3)14-15-23(20)35-4/h6-16,26H,5H2,1-4H3,(H,29,30)/t26-/m0/s1. The third-order valence-electron chi connectivity index (χ3n) is 6.24. The van der Waals surface area contributed by atoms with E-state index in [1.54, 1.807) is 28.3 Å². The number of methoxy groups -OCH3 is 3. The Bertz CT molecular complexity index is 1460. The van der Waals surface area contributed by atoms with Crippen LogP contribution in [0.25, 0.3) is 16.7 Å². The summed E-state index contributed by atoms with van der Waals surface area (Å²) in [5.74, 6) is 2.14. The van der Waals surface area contributed by atoms with Crippen LogP contribution in [-0.2, 0) is 9.53 Å². The zero-order valence-corrected chi connectivity index (χ0v) is 20.6. The molecule has 36 heavy (non-hydrogen) atoms. The maximum absolute atomic E-state index is 13.7. The van der Waals surface area contributed by atoms with E-state index < -0.39 is 12.0 Å². The molecule has 4 aromatic rings. The summed E-state index contributed by atoms with van der Waals surface area (Å²) in [5.41, 5.74) is 4.25. The van der Waals surface area contributed by atoms with Crippen molar-refractivity contribution in [2.75, 3.05) is 33.3 Å². The van der Waals surface area contributed by atoms with E-state index in [0.29, 0.717) is 34.5 Å². The van der Waals surface area contributed by atoms with Crippen LogP contribution in [0.2, 0.25) is 0 Å². The number of nitrogens with zero attached hydrogens (tertiary/aromatic N) is 2. The topological polar surface area (TPSA) is 83.8 Å². The lowest BCUT2D eigenvalue weighted by Crippen LogP contribution is -2.29. The SMILES string of the molecule is CCOC(=O)C1=C(c2ccc(OC)cc2)Nc2nc3ccccc3n2[C@H]1c1cc(OC)ccc1OC. The lowest BCUT2D eigenvalue weighted by molar-refractivity contribution is -0.138. The molecule has 1 aromatic heterocycles. The highest BCUT2D eigenvalue weighted by molar-refractivity contribution is 6.03. The van der Waals surface area contributed by atoms with E-state index in [4.69, 9.17) is 23.9 Å². The van der Waals surface area contributed by atoms with Crippen LogP contribution in [0.3, 0.4) is 0 Å². The van der Waals surface area contributed by atoms with Gasteiger partial charge in [0.1, 0.15) is 23.3 Å². The fraction of sp³-hybridized carbons (Fsp3) is 0.214. The lowest BCUT2D eigenvalue weighted by atomic mass is 9.91. The molecule has 0 amide bonds. The van der Waals surface area contributed by atoms with Crippen LogP contribution in [0, 0.1) is 0 Å². The molecule has 184 valence electrons. The zero-order chi connectivity index (χ0) is 25.2. The maximum Gasteiger partial charge on any atom is 0.338 e. The van der Waals surface area contributed by atoms with Gasteiger partial charge in [-0.15, -0.1) is 0 Å². The van der Waals surface area contributed by atoms with Crippen molar-refractivity contribution in [2.45, 2.75) is 13.0 Å². The van der Waals surface area contributed by atoms with Crippen LogP contribution in [0.15, 0.2) is 72.3 Å². The number of carbonyl (C=O) groups is 1. The van der Waals surface area contributed by atoms with Gasteiger partial charge in [-0.25, -0.2) is 9.78 Å². The Morgan fingerprint density at radius 1 is 0.944 bits per heavy atom. The Balaban J connectivity index is 1.85. The number of anilines is 1. The molecule has 1 aliphatic heterocycles. The van der Waals surface area contributed by atoms with Gasteiger partial charge in [0.2, 0.25) is 5.95 Å². The number of para-hydroxylation sites is 2. The molecule has 2 heterocycles. The van der Waals surface area contributed by atoms with Crippen molar-refractivity contribution in [3.63, 3.8) is 0 Å². The number of fused-ring (bicyclic) bond motifs is 3. The van der Waals surface area contributed by atoms with Gasteiger partial charge in [0.15, 0.2) is 0 Å². The van der Waals surface area contributed by atoms with E-state index in [0.717, 1.165) is 22.2 Å². The van der Waals surface area contributed by atoms with Crippen molar-refractivity contribution in [2.24, 2.45) is 0 Å². The number of ether oxygens (including phenoxy) is 4. The van der Waals surface area contributed by atoms with Crippen molar-refractivity contribution < 1.29 is 23.7 Å². The van der Waals surface area contributed by atoms with Crippen molar-refractivity contribution in [3.05, 3.63) is 83.4 Å². The summed E-state index contributed by atoms with van der Waals surface area (Å²) in [4.78, 5) is 18.5. The molecule has 0 aliphatic carbocycles. The summed E-state index contributed by atoms with van der Waals surface area (Å²) in [6.07, 6.45) is 0. The van der Waals surface area contributed by atoms with Gasteiger partial charge < -0.3 is 24.3 Å². The van der Waals surface area contributed by atoms with Gasteiger partial charge in [-0.05, 0) is 67.1 Å². The smallest absolute Gasteiger partial charge is 0.338 e. The highest BCUT2D eigenvalue weighted by atomic mass is 16.5. The molecule has 0 unspecified atom stereocenters. The van der Waals surface area contributed by atoms with Crippen molar-refractivity contribution >= 4 is 28.6 Å². The average Bonchev–Trinajstić information content (AvgIpc) is 3.30. The first-order chi connectivity index (χ1) is 17.6. The number of esters is 1. The summed E-state index contributed by atoms with van der Waals surface area (Å²) in [6, 6.07) is 20.3. The summed E-state index contributed by atoms with van der Waals surface area (Å²) in [6.45, 7) is 2.03. The van der Waals surface area contributed by atoms with E-state index in [-0.39, 0.29) is 6.61 Å². The molecular weight excluding hydrogens is 458 g/mol. The van der Waals surface area contributed by atoms with Crippen LogP contribution < -0.4 is 19.5 Å². The third-order valence-corrected chi connectivity index (χ3v) is 6.24. The second kappa shape index (κ2) is 9.65. The molecule has 0 spiro atoms. The fourth-order valence-corrected chi connectivity index (χ4v) is 4.59. The number of hydrogen-bond donors (Lipinski definition) is 1. The first-order valence-electron chi connectivity index (χ1n) is 11.6. The van der Waals surface area contributed by atoms with Gasteiger partial charge in [-0.1, -0.05) is 12.1 Å². The second-order valence-electron chi connectivity index (χ2n) is 8.17. The number of imidazole rings is 1. The predicted octanol–water partition coefficient (Wildman–Crippen LogP) is 5.05. The molecular formula is C28H27N3O5. The van der Waals surface area contributed by atoms with Crippen LogP contribution >= 0.6 is 0 Å². The fourth-order valence-electron chi connectivity index (χ4n) is 4.59. The van der Waals surface area contributed by atoms with E-state index in [2.05, 4.69) is 5.32 Å². The molecule has 1 N–H and O–H groups in total. The van der Waals surface area contributed by atoms with Gasteiger partial charge in [0.05, 0.1) is 50.2 Å². The highest BCUT2D eigenvalue weighted by Crippen LogP contribution is 2.45. The minimum Gasteiger partial charge on any atom is -0.497 e. The van der Waals surface area contributed by atoms with Crippen LogP contribution in [0.4, 0.5) is 5.95 Å². The summed E-state index contributed by atoms with van der Waals surface area (Å²) < 4.78 is 24.2. The molecule has 0 radical (unpaired) electrons. The van der Waals surface area contributed by atoms with Gasteiger partial charge in [0, 0.05) is 5.56 Å². The largest absolute Gasteiger partial charge is 0.497 e. The third kappa shape index (κ3) is 3.90. The molecule has 0 bridgehead atoms. The number of carbonyl (C=O) groups excluding carboxylic acids is 1. The van der Waals surface area contributed by atoms with Gasteiger partial charge in [-0.2, -0.15) is 0 Å². The Labute approximate surface area is 209 Å². The summed E-state index contributed by atoms with van der Waals surface area (Å²) in [5, 5.41) is 3.41. The van der Waals surface area contributed by atoms with Crippen LogP contribution in [-0.4, -0.2) is 43.5 Å². The summed E-state index contributed by atoms with van der Waals surface area (Å²) in [7, 11) is 4.83. The molecule has 1 atom stereocenters. The maximum atomic E-state index is 13.7. The van der Waals surface area contributed by atoms with E-state index >= 15 is 0 Å². The van der Waals surface area contributed by atoms with Crippen molar-refractivity contribution in [3.8, 4) is 17.2 Å². The first kappa shape index (κ1) is 23.3. The van der Waals surface area contributed by atoms with Gasteiger partial charge in [-0.3, -0.25) is 4.57 Å². The number of hydrogen-bond acceptors (Lipinski definition) is 7. The number of benzene rings is 3. The molecule has 0 fully saturated rings. The molecule has 0 saturated carbocycles. The molecule has 3 aromatic carbocycles. The normalized spacial score (nSPS) is 14.7. The molecule has 5 rings (SSSR count). The Kier molecular flexibility index (Phi) is 6.25. The van der Waals surface area contributed by atoms with Gasteiger partial charge >= 0.3 is 5.97 Å². The minimum atomic E-state index is -0.602. The van der Waals surface area contributed by atoms with E-state index in [1.165, 1.54) is 0 Å². The first-order valence-corrected chi connectivity index (χ1v) is 11.6. The molecule has 1 aliphatic rings. The quantitative estimate of drug-likeness (QED) is 0.367. The number of nitrogens with one attached hydrogen (secondary N) is 1. The van der Waals surface area contributed by atoms with Crippen molar-refractivity contribution in [1.82, 2.24) is 9.55 Å². The van der Waals surface area contributed by atoms with E-state index in [9.17, 15) is 4.79 Å². The van der Waals surface area contributed by atoms with Crippen molar-refractivity contribution in [1.29, 1.82) is 0 Å². The van der Waals surface area contributed by atoms with Crippen LogP contribution in [0.1, 0.15) is 24.1 Å².